The van der Waals surface area contributed by atoms with Crippen LogP contribution in [0.5, 0.6) is 11.5 Å². The fourth-order valence-electron chi connectivity index (χ4n) is 3.47. The molecular weight excluding hydrogens is 483 g/mol. The molecule has 1 aliphatic rings. The highest BCUT2D eigenvalue weighted by Gasteiger charge is 2.31. The van der Waals surface area contributed by atoms with E-state index in [1.165, 1.54) is 12.2 Å². The Hall–Kier alpha value is -3.43. The van der Waals surface area contributed by atoms with Gasteiger partial charge in [-0.1, -0.05) is 59.1 Å². The highest BCUT2D eigenvalue weighted by atomic mass is 35.5. The molecule has 1 aliphatic heterocycles. The standard InChI is InChI=1S/C25H15Cl3N2O3/c26-16-3-1-2-15(10-16)24-19-8-7-18(12-22(19)33-25(30)20(24)13-29)32-23(31)9-5-14-4-6-17(27)11-21(14)28/h1-12,24H,30H2/b9-5+. The van der Waals surface area contributed by atoms with Crippen molar-refractivity contribution >= 4 is 46.8 Å². The quantitative estimate of drug-likeness (QED) is 0.253. The first kappa shape index (κ1) is 22.8. The van der Waals surface area contributed by atoms with Crippen molar-refractivity contribution in [3.63, 3.8) is 0 Å². The zero-order valence-electron chi connectivity index (χ0n) is 16.9. The van der Waals surface area contributed by atoms with Gasteiger partial charge >= 0.3 is 5.97 Å². The van der Waals surface area contributed by atoms with Crippen molar-refractivity contribution in [1.82, 2.24) is 0 Å². The molecule has 1 unspecified atom stereocenters. The lowest BCUT2D eigenvalue weighted by Crippen LogP contribution is -2.21. The number of fused-ring (bicyclic) bond motifs is 1. The van der Waals surface area contributed by atoms with Gasteiger partial charge in [0.15, 0.2) is 0 Å². The Morgan fingerprint density at radius 3 is 2.58 bits per heavy atom. The molecule has 0 aliphatic carbocycles. The maximum absolute atomic E-state index is 12.3. The molecule has 0 aromatic heterocycles. The summed E-state index contributed by atoms with van der Waals surface area (Å²) in [5.41, 5.74) is 8.41. The van der Waals surface area contributed by atoms with Gasteiger partial charge in [-0.15, -0.1) is 0 Å². The molecule has 5 nitrogen and oxygen atoms in total. The number of carbonyl (C=O) groups excluding carboxylic acids is 1. The monoisotopic (exact) mass is 496 g/mol. The normalized spacial score (nSPS) is 15.0. The molecule has 1 atom stereocenters. The predicted molar refractivity (Wildman–Crippen MR) is 128 cm³/mol. The molecule has 0 saturated heterocycles. The van der Waals surface area contributed by atoms with Gasteiger partial charge in [0, 0.05) is 32.8 Å². The summed E-state index contributed by atoms with van der Waals surface area (Å²) in [5.74, 6) is -0.454. The number of halogens is 3. The maximum atomic E-state index is 12.3. The Labute approximate surface area is 205 Å². The van der Waals surface area contributed by atoms with Crippen LogP contribution in [0.4, 0.5) is 0 Å². The van der Waals surface area contributed by atoms with Crippen LogP contribution in [0, 0.1) is 11.3 Å². The number of hydrogen-bond donors (Lipinski definition) is 1. The Morgan fingerprint density at radius 2 is 1.85 bits per heavy atom. The highest BCUT2D eigenvalue weighted by molar-refractivity contribution is 6.35. The Morgan fingerprint density at radius 1 is 1.06 bits per heavy atom. The minimum atomic E-state index is -0.607. The number of ether oxygens (including phenoxy) is 2. The van der Waals surface area contributed by atoms with Gasteiger partial charge in [0.25, 0.3) is 0 Å². The Bertz CT molecular complexity index is 1360. The van der Waals surface area contributed by atoms with Crippen molar-refractivity contribution in [1.29, 1.82) is 5.26 Å². The Balaban J connectivity index is 1.60. The second kappa shape index (κ2) is 9.60. The lowest BCUT2D eigenvalue weighted by molar-refractivity contribution is -0.128. The minimum Gasteiger partial charge on any atom is -0.440 e. The first-order valence-corrected chi connectivity index (χ1v) is 10.8. The zero-order chi connectivity index (χ0) is 23.5. The summed E-state index contributed by atoms with van der Waals surface area (Å²) >= 11 is 18.1. The van der Waals surface area contributed by atoms with Crippen molar-refractivity contribution in [3.8, 4) is 17.6 Å². The molecule has 0 amide bonds. The second-order valence-corrected chi connectivity index (χ2v) is 8.38. The number of allylic oxidation sites excluding steroid dienone is 1. The van der Waals surface area contributed by atoms with Gasteiger partial charge in [0.05, 0.1) is 5.92 Å². The van der Waals surface area contributed by atoms with E-state index in [1.807, 2.05) is 6.07 Å². The van der Waals surface area contributed by atoms with Crippen LogP contribution in [0.25, 0.3) is 6.08 Å². The number of nitrogens with zero attached hydrogens (tertiary/aromatic N) is 1. The highest BCUT2D eigenvalue weighted by Crippen LogP contribution is 2.43. The molecule has 8 heteroatoms. The lowest BCUT2D eigenvalue weighted by atomic mass is 9.83. The van der Waals surface area contributed by atoms with E-state index in [1.54, 1.807) is 54.6 Å². The van der Waals surface area contributed by atoms with Crippen LogP contribution in [-0.4, -0.2) is 5.97 Å². The zero-order valence-corrected chi connectivity index (χ0v) is 19.2. The molecule has 3 aromatic rings. The van der Waals surface area contributed by atoms with E-state index < -0.39 is 11.9 Å². The van der Waals surface area contributed by atoms with Crippen LogP contribution in [0.1, 0.15) is 22.6 Å². The summed E-state index contributed by atoms with van der Waals surface area (Å²) in [6.07, 6.45) is 2.79. The van der Waals surface area contributed by atoms with Crippen molar-refractivity contribution in [2.45, 2.75) is 5.92 Å². The van der Waals surface area contributed by atoms with Crippen molar-refractivity contribution < 1.29 is 14.3 Å². The first-order chi connectivity index (χ1) is 15.9. The predicted octanol–water partition coefficient (Wildman–Crippen LogP) is 6.48. The number of nitriles is 1. The number of carbonyl (C=O) groups is 1. The third kappa shape index (κ3) is 4.99. The van der Waals surface area contributed by atoms with Gasteiger partial charge in [0.2, 0.25) is 5.88 Å². The number of hydrogen-bond acceptors (Lipinski definition) is 5. The molecule has 0 spiro atoms. The van der Waals surface area contributed by atoms with Gasteiger partial charge < -0.3 is 15.2 Å². The average molecular weight is 498 g/mol. The topological polar surface area (TPSA) is 85.3 Å². The smallest absolute Gasteiger partial charge is 0.336 e. The molecule has 33 heavy (non-hydrogen) atoms. The lowest BCUT2D eigenvalue weighted by Gasteiger charge is -2.26. The summed E-state index contributed by atoms with van der Waals surface area (Å²) < 4.78 is 11.1. The molecule has 3 aromatic carbocycles. The third-order valence-corrected chi connectivity index (χ3v) is 5.75. The van der Waals surface area contributed by atoms with Crippen LogP contribution in [0.15, 0.2) is 78.2 Å². The molecule has 1 heterocycles. The van der Waals surface area contributed by atoms with E-state index in [4.69, 9.17) is 50.0 Å². The van der Waals surface area contributed by atoms with Crippen LogP contribution in [0.3, 0.4) is 0 Å². The largest absolute Gasteiger partial charge is 0.440 e. The molecule has 0 saturated carbocycles. The molecular formula is C25H15Cl3N2O3. The molecule has 0 bridgehead atoms. The van der Waals surface area contributed by atoms with E-state index in [2.05, 4.69) is 6.07 Å². The van der Waals surface area contributed by atoms with Crippen molar-refractivity contribution in [2.24, 2.45) is 5.73 Å². The third-order valence-electron chi connectivity index (χ3n) is 4.95. The van der Waals surface area contributed by atoms with Crippen molar-refractivity contribution in [2.75, 3.05) is 0 Å². The van der Waals surface area contributed by atoms with Gasteiger partial charge in [0.1, 0.15) is 23.1 Å². The molecule has 2 N–H and O–H groups in total. The van der Waals surface area contributed by atoms with E-state index in [-0.39, 0.29) is 17.2 Å². The van der Waals surface area contributed by atoms with Crippen LogP contribution in [-0.2, 0) is 4.79 Å². The molecule has 0 radical (unpaired) electrons. The van der Waals surface area contributed by atoms with Gasteiger partial charge in [-0.25, -0.2) is 4.79 Å². The number of benzene rings is 3. The Kier molecular flexibility index (Phi) is 6.62. The van der Waals surface area contributed by atoms with Gasteiger partial charge in [-0.05, 0) is 47.5 Å². The SMILES string of the molecule is N#CC1=C(N)Oc2cc(OC(=O)/C=C/c3ccc(Cl)cc3Cl)ccc2C1c1cccc(Cl)c1. The fraction of sp³-hybridized carbons (Fsp3) is 0.0400. The fourth-order valence-corrected chi connectivity index (χ4v) is 4.14. The van der Waals surface area contributed by atoms with Crippen LogP contribution in [0.2, 0.25) is 15.1 Å². The van der Waals surface area contributed by atoms with E-state index in [0.717, 1.165) is 5.56 Å². The molecule has 4 rings (SSSR count). The van der Waals surface area contributed by atoms with Gasteiger partial charge in [-0.2, -0.15) is 5.26 Å². The number of nitrogens with two attached hydrogens (primary N) is 1. The molecule has 164 valence electrons. The van der Waals surface area contributed by atoms with Crippen molar-refractivity contribution in [3.05, 3.63) is 110 Å². The van der Waals surface area contributed by atoms with Gasteiger partial charge in [-0.3, -0.25) is 0 Å². The minimum absolute atomic E-state index is 0.0178. The van der Waals surface area contributed by atoms with E-state index >= 15 is 0 Å². The van der Waals surface area contributed by atoms with Crippen LogP contribution >= 0.6 is 34.8 Å². The van der Waals surface area contributed by atoms with E-state index in [0.29, 0.717) is 31.9 Å². The molecule has 0 fully saturated rings. The number of esters is 1. The maximum Gasteiger partial charge on any atom is 0.336 e. The van der Waals surface area contributed by atoms with E-state index in [9.17, 15) is 10.1 Å². The summed E-state index contributed by atoms with van der Waals surface area (Å²) in [6.45, 7) is 0. The summed E-state index contributed by atoms with van der Waals surface area (Å²) in [4.78, 5) is 12.3. The summed E-state index contributed by atoms with van der Waals surface area (Å²) in [7, 11) is 0. The number of rotatable bonds is 4. The first-order valence-electron chi connectivity index (χ1n) is 9.67. The second-order valence-electron chi connectivity index (χ2n) is 7.10. The summed E-state index contributed by atoms with van der Waals surface area (Å²) in [6, 6.07) is 19.1. The average Bonchev–Trinajstić information content (AvgIpc) is 2.77. The summed E-state index contributed by atoms with van der Waals surface area (Å²) in [5, 5.41) is 11.1. The van der Waals surface area contributed by atoms with Crippen LogP contribution < -0.4 is 15.2 Å².